The summed E-state index contributed by atoms with van der Waals surface area (Å²) in [5.74, 6) is -0.570. The molecule has 0 bridgehead atoms. The van der Waals surface area contributed by atoms with Gasteiger partial charge in [-0.3, -0.25) is 4.79 Å². The van der Waals surface area contributed by atoms with E-state index in [2.05, 4.69) is 9.97 Å². The summed E-state index contributed by atoms with van der Waals surface area (Å²) in [5.41, 5.74) is 1.35. The van der Waals surface area contributed by atoms with Crippen LogP contribution in [-0.2, 0) is 4.79 Å². The van der Waals surface area contributed by atoms with E-state index < -0.39 is 5.97 Å². The molecule has 0 saturated heterocycles. The number of aromatic nitrogens is 2. The Labute approximate surface area is 121 Å². The van der Waals surface area contributed by atoms with Crippen LogP contribution in [-0.4, -0.2) is 28.2 Å². The Morgan fingerprint density at radius 2 is 2.19 bits per heavy atom. The number of aliphatic carboxylic acids is 1. The number of H-pyrrole nitrogens is 1. The molecule has 0 fully saturated rings. The number of methoxy groups -OCH3 is 1. The molecule has 2 heterocycles. The normalized spacial score (nSPS) is 11.4. The van der Waals surface area contributed by atoms with Crippen molar-refractivity contribution in [2.75, 3.05) is 7.11 Å². The molecule has 0 spiro atoms. The fourth-order valence-corrected chi connectivity index (χ4v) is 2.18. The molecule has 0 unspecified atom stereocenters. The van der Waals surface area contributed by atoms with Gasteiger partial charge in [0.25, 0.3) is 5.56 Å². The molecule has 0 aromatic carbocycles. The number of carbonyl (C=O) groups is 1. The Balaban J connectivity index is 2.72. The molecule has 2 aromatic rings. The first-order chi connectivity index (χ1) is 9.93. The van der Waals surface area contributed by atoms with E-state index in [0.717, 1.165) is 6.08 Å². The molecular weight excluding hydrogens is 272 g/mol. The molecule has 110 valence electrons. The molecule has 0 aliphatic rings. The van der Waals surface area contributed by atoms with Crippen LogP contribution in [0.4, 0.5) is 0 Å². The molecule has 2 aromatic heterocycles. The number of pyridine rings is 2. The standard InChI is InChI=1S/C15H16N2O4/c1-8(2)12-13(21-3)10-6-9(4-5-11(18)19)7-16-14(10)17-15(12)20/h4-8H,1-3H3,(H,18,19)(H,16,17,20)/b5-4+. The second-order valence-corrected chi connectivity index (χ2v) is 4.89. The van der Waals surface area contributed by atoms with Gasteiger partial charge in [-0.25, -0.2) is 9.78 Å². The Kier molecular flexibility index (Phi) is 4.07. The molecule has 0 amide bonds. The van der Waals surface area contributed by atoms with Gasteiger partial charge in [-0.2, -0.15) is 0 Å². The smallest absolute Gasteiger partial charge is 0.328 e. The van der Waals surface area contributed by atoms with Gasteiger partial charge in [-0.1, -0.05) is 13.8 Å². The largest absolute Gasteiger partial charge is 0.495 e. The third-order valence-electron chi connectivity index (χ3n) is 3.07. The van der Waals surface area contributed by atoms with E-state index in [4.69, 9.17) is 9.84 Å². The van der Waals surface area contributed by atoms with Gasteiger partial charge >= 0.3 is 5.97 Å². The van der Waals surface area contributed by atoms with Crippen LogP contribution in [0, 0.1) is 0 Å². The number of fused-ring (bicyclic) bond motifs is 1. The van der Waals surface area contributed by atoms with E-state index in [0.29, 0.717) is 27.9 Å². The van der Waals surface area contributed by atoms with Crippen molar-refractivity contribution in [2.24, 2.45) is 0 Å². The maximum absolute atomic E-state index is 12.1. The highest BCUT2D eigenvalue weighted by atomic mass is 16.5. The monoisotopic (exact) mass is 288 g/mol. The van der Waals surface area contributed by atoms with Crippen LogP contribution in [0.3, 0.4) is 0 Å². The van der Waals surface area contributed by atoms with Gasteiger partial charge in [0, 0.05) is 12.3 Å². The molecule has 0 atom stereocenters. The fraction of sp³-hybridized carbons (Fsp3) is 0.267. The van der Waals surface area contributed by atoms with E-state index in [1.807, 2.05) is 13.8 Å². The van der Waals surface area contributed by atoms with Crippen molar-refractivity contribution in [3.63, 3.8) is 0 Å². The maximum Gasteiger partial charge on any atom is 0.328 e. The number of hydrogen-bond donors (Lipinski definition) is 2. The zero-order chi connectivity index (χ0) is 15.6. The molecule has 0 aliphatic carbocycles. The number of nitrogens with zero attached hydrogens (tertiary/aromatic N) is 1. The predicted molar refractivity (Wildman–Crippen MR) is 79.7 cm³/mol. The van der Waals surface area contributed by atoms with Crippen molar-refractivity contribution < 1.29 is 14.6 Å². The molecular formula is C15H16N2O4. The summed E-state index contributed by atoms with van der Waals surface area (Å²) in [4.78, 5) is 29.5. The number of carboxylic acids is 1. The van der Waals surface area contributed by atoms with Crippen molar-refractivity contribution in [3.8, 4) is 5.75 Å². The van der Waals surface area contributed by atoms with Crippen molar-refractivity contribution >= 4 is 23.1 Å². The quantitative estimate of drug-likeness (QED) is 0.841. The minimum Gasteiger partial charge on any atom is -0.495 e. The third-order valence-corrected chi connectivity index (χ3v) is 3.07. The molecule has 6 heteroatoms. The van der Waals surface area contributed by atoms with Crippen molar-refractivity contribution in [2.45, 2.75) is 19.8 Å². The van der Waals surface area contributed by atoms with E-state index in [1.165, 1.54) is 19.4 Å². The maximum atomic E-state index is 12.1. The zero-order valence-corrected chi connectivity index (χ0v) is 12.0. The minimum atomic E-state index is -1.04. The SMILES string of the molecule is COc1c(C(C)C)c(=O)[nH]c2ncc(/C=C/C(=O)O)cc12. The van der Waals surface area contributed by atoms with Crippen LogP contribution in [0.5, 0.6) is 5.75 Å². The van der Waals surface area contributed by atoms with Crippen LogP contribution in [0.25, 0.3) is 17.1 Å². The van der Waals surface area contributed by atoms with Gasteiger partial charge < -0.3 is 14.8 Å². The van der Waals surface area contributed by atoms with Gasteiger partial charge in [0.2, 0.25) is 0 Å². The Morgan fingerprint density at radius 3 is 2.76 bits per heavy atom. The number of carboxylic acid groups (broad SMARTS) is 1. The van der Waals surface area contributed by atoms with E-state index in [9.17, 15) is 9.59 Å². The topological polar surface area (TPSA) is 92.3 Å². The molecule has 0 radical (unpaired) electrons. The summed E-state index contributed by atoms with van der Waals surface area (Å²) < 4.78 is 5.38. The van der Waals surface area contributed by atoms with Crippen LogP contribution in [0.1, 0.15) is 30.9 Å². The summed E-state index contributed by atoms with van der Waals surface area (Å²) in [7, 11) is 1.50. The van der Waals surface area contributed by atoms with E-state index >= 15 is 0 Å². The highest BCUT2D eigenvalue weighted by Crippen LogP contribution is 2.30. The summed E-state index contributed by atoms with van der Waals surface area (Å²) in [6.45, 7) is 3.81. The lowest BCUT2D eigenvalue weighted by Gasteiger charge is -2.13. The Bertz CT molecular complexity index is 775. The van der Waals surface area contributed by atoms with Crippen LogP contribution < -0.4 is 10.3 Å². The van der Waals surface area contributed by atoms with Crippen LogP contribution in [0.15, 0.2) is 23.1 Å². The molecule has 0 saturated carbocycles. The van der Waals surface area contributed by atoms with Gasteiger partial charge in [0.1, 0.15) is 11.4 Å². The highest BCUT2D eigenvalue weighted by Gasteiger charge is 2.17. The summed E-state index contributed by atoms with van der Waals surface area (Å²) in [6, 6.07) is 1.74. The van der Waals surface area contributed by atoms with Gasteiger partial charge in [0.05, 0.1) is 18.1 Å². The Morgan fingerprint density at radius 1 is 1.48 bits per heavy atom. The minimum absolute atomic E-state index is 0.00804. The van der Waals surface area contributed by atoms with Crippen LogP contribution >= 0.6 is 0 Å². The first-order valence-electron chi connectivity index (χ1n) is 6.45. The fourth-order valence-electron chi connectivity index (χ4n) is 2.18. The lowest BCUT2D eigenvalue weighted by molar-refractivity contribution is -0.131. The van der Waals surface area contributed by atoms with E-state index in [1.54, 1.807) is 6.07 Å². The second kappa shape index (κ2) is 5.78. The molecule has 0 aliphatic heterocycles. The van der Waals surface area contributed by atoms with Gasteiger partial charge in [-0.15, -0.1) is 0 Å². The summed E-state index contributed by atoms with van der Waals surface area (Å²) >= 11 is 0. The average molecular weight is 288 g/mol. The highest BCUT2D eigenvalue weighted by molar-refractivity contribution is 5.88. The molecule has 2 N–H and O–H groups in total. The van der Waals surface area contributed by atoms with Crippen molar-refractivity contribution in [3.05, 3.63) is 39.8 Å². The first-order valence-corrected chi connectivity index (χ1v) is 6.45. The third kappa shape index (κ3) is 2.94. The number of aromatic amines is 1. The number of ether oxygens (including phenoxy) is 1. The van der Waals surface area contributed by atoms with Crippen molar-refractivity contribution in [1.29, 1.82) is 0 Å². The summed E-state index contributed by atoms with van der Waals surface area (Å²) in [5, 5.41) is 9.31. The average Bonchev–Trinajstić information content (AvgIpc) is 2.43. The number of hydrogen-bond acceptors (Lipinski definition) is 4. The number of nitrogens with one attached hydrogen (secondary N) is 1. The van der Waals surface area contributed by atoms with Gasteiger partial charge in [-0.05, 0) is 23.6 Å². The second-order valence-electron chi connectivity index (χ2n) is 4.89. The summed E-state index contributed by atoms with van der Waals surface area (Å²) in [6.07, 6.45) is 3.96. The zero-order valence-electron chi connectivity index (χ0n) is 12.0. The van der Waals surface area contributed by atoms with E-state index in [-0.39, 0.29) is 11.5 Å². The first kappa shape index (κ1) is 14.8. The van der Waals surface area contributed by atoms with Gasteiger partial charge in [0.15, 0.2) is 0 Å². The number of rotatable bonds is 4. The Hall–Kier alpha value is -2.63. The van der Waals surface area contributed by atoms with Crippen LogP contribution in [0.2, 0.25) is 0 Å². The molecule has 6 nitrogen and oxygen atoms in total. The lowest BCUT2D eigenvalue weighted by atomic mass is 10.0. The molecule has 21 heavy (non-hydrogen) atoms. The predicted octanol–water partition coefficient (Wildman–Crippen LogP) is 2.15. The molecule has 2 rings (SSSR count). The lowest BCUT2D eigenvalue weighted by Crippen LogP contribution is -2.16. The van der Waals surface area contributed by atoms with Crippen molar-refractivity contribution in [1.82, 2.24) is 9.97 Å².